The minimum Gasteiger partial charge on any atom is -0.378 e. The maximum atomic E-state index is 12.8. The summed E-state index contributed by atoms with van der Waals surface area (Å²) in [4.78, 5) is 39.7. The molecular formula is C20H26ClN5O4. The van der Waals surface area contributed by atoms with Gasteiger partial charge in [0, 0.05) is 18.1 Å². The van der Waals surface area contributed by atoms with Gasteiger partial charge in [-0.25, -0.2) is 4.79 Å². The second-order valence-corrected chi connectivity index (χ2v) is 8.30. The molecule has 1 spiro atoms. The van der Waals surface area contributed by atoms with Crippen LogP contribution in [0.3, 0.4) is 0 Å². The number of benzene rings is 1. The number of amides is 4. The molecule has 0 aromatic heterocycles. The van der Waals surface area contributed by atoms with Gasteiger partial charge in [0.25, 0.3) is 11.8 Å². The molecule has 0 atom stereocenters. The molecule has 162 valence electrons. The number of rotatable bonds is 5. The van der Waals surface area contributed by atoms with Gasteiger partial charge < -0.3 is 20.3 Å². The number of hydrazine groups is 1. The largest absolute Gasteiger partial charge is 0.378 e. The Balaban J connectivity index is 1.39. The van der Waals surface area contributed by atoms with E-state index in [0.29, 0.717) is 36.8 Å². The zero-order valence-corrected chi connectivity index (χ0v) is 17.5. The van der Waals surface area contributed by atoms with Crippen molar-refractivity contribution < 1.29 is 19.1 Å². The van der Waals surface area contributed by atoms with Crippen molar-refractivity contribution >= 4 is 40.8 Å². The van der Waals surface area contributed by atoms with Crippen LogP contribution in [-0.2, 0) is 14.3 Å². The van der Waals surface area contributed by atoms with Crippen LogP contribution in [-0.4, -0.2) is 61.2 Å². The first-order valence-corrected chi connectivity index (χ1v) is 10.7. The smallest absolute Gasteiger partial charge is 0.344 e. The van der Waals surface area contributed by atoms with Crippen molar-refractivity contribution in [3.8, 4) is 0 Å². The van der Waals surface area contributed by atoms with Crippen molar-refractivity contribution in [2.75, 3.05) is 43.1 Å². The highest BCUT2D eigenvalue weighted by molar-refractivity contribution is 6.31. The molecule has 2 saturated heterocycles. The standard InChI is InChI=1S/C20H26ClN5O4/c21-14-4-5-16(25-8-10-30-11-9-25)15(12-14)22-13-17(27)24-26-18(28)20(23-19(26)29)6-2-1-3-7-20/h4-5,12,22H,1-3,6-11,13H2,(H,23,29)(H,24,27). The predicted molar refractivity (Wildman–Crippen MR) is 112 cm³/mol. The van der Waals surface area contributed by atoms with Gasteiger partial charge in [0.15, 0.2) is 0 Å². The lowest BCUT2D eigenvalue weighted by atomic mass is 9.82. The Morgan fingerprint density at radius 1 is 1.17 bits per heavy atom. The van der Waals surface area contributed by atoms with E-state index < -0.39 is 17.5 Å². The number of hydrogen-bond acceptors (Lipinski definition) is 6. The number of morpholine rings is 1. The lowest BCUT2D eigenvalue weighted by Crippen LogP contribution is -2.51. The highest BCUT2D eigenvalue weighted by Gasteiger charge is 2.52. The average Bonchev–Trinajstić information content (AvgIpc) is 2.97. The predicted octanol–water partition coefficient (Wildman–Crippen LogP) is 1.87. The van der Waals surface area contributed by atoms with E-state index in [1.54, 1.807) is 12.1 Å². The molecule has 3 aliphatic rings. The minimum absolute atomic E-state index is 0.109. The molecule has 1 aromatic carbocycles. The molecule has 4 rings (SSSR count). The third-order valence-electron chi connectivity index (χ3n) is 5.86. The topological polar surface area (TPSA) is 103 Å². The van der Waals surface area contributed by atoms with Crippen molar-refractivity contribution in [2.24, 2.45) is 0 Å². The molecule has 9 nitrogen and oxygen atoms in total. The summed E-state index contributed by atoms with van der Waals surface area (Å²) in [5.74, 6) is -0.864. The number of urea groups is 1. The Morgan fingerprint density at radius 2 is 1.90 bits per heavy atom. The number of imide groups is 1. The average molecular weight is 436 g/mol. The Labute approximate surface area is 180 Å². The monoisotopic (exact) mass is 435 g/mol. The van der Waals surface area contributed by atoms with Gasteiger partial charge in [-0.2, -0.15) is 5.01 Å². The van der Waals surface area contributed by atoms with E-state index in [1.165, 1.54) is 0 Å². The molecule has 2 aliphatic heterocycles. The molecule has 0 unspecified atom stereocenters. The van der Waals surface area contributed by atoms with Crippen molar-refractivity contribution in [3.05, 3.63) is 23.2 Å². The Bertz CT molecular complexity index is 836. The first kappa shape index (κ1) is 20.7. The number of carbonyl (C=O) groups excluding carboxylic acids is 3. The summed E-state index contributed by atoms with van der Waals surface area (Å²) < 4.78 is 5.40. The summed E-state index contributed by atoms with van der Waals surface area (Å²) in [7, 11) is 0. The summed E-state index contributed by atoms with van der Waals surface area (Å²) in [6.07, 6.45) is 4.02. The van der Waals surface area contributed by atoms with Gasteiger partial charge in [0.05, 0.1) is 31.1 Å². The van der Waals surface area contributed by atoms with Gasteiger partial charge in [0.2, 0.25) is 0 Å². The van der Waals surface area contributed by atoms with Crippen molar-refractivity contribution in [2.45, 2.75) is 37.6 Å². The number of hydrogen-bond donors (Lipinski definition) is 3. The molecule has 2 heterocycles. The lowest BCUT2D eigenvalue weighted by molar-refractivity contribution is -0.139. The third kappa shape index (κ3) is 4.17. The minimum atomic E-state index is -0.869. The van der Waals surface area contributed by atoms with Crippen LogP contribution < -0.4 is 21.0 Å². The van der Waals surface area contributed by atoms with Crippen LogP contribution in [0.2, 0.25) is 5.02 Å². The van der Waals surface area contributed by atoms with Gasteiger partial charge in [-0.1, -0.05) is 30.9 Å². The summed E-state index contributed by atoms with van der Waals surface area (Å²) in [5, 5.41) is 7.21. The summed E-state index contributed by atoms with van der Waals surface area (Å²) in [6.45, 7) is 2.65. The van der Waals surface area contributed by atoms with Gasteiger partial charge in [0.1, 0.15) is 5.54 Å². The summed E-state index contributed by atoms with van der Waals surface area (Å²) >= 11 is 6.14. The van der Waals surface area contributed by atoms with E-state index in [9.17, 15) is 14.4 Å². The fraction of sp³-hybridized carbons (Fsp3) is 0.550. The molecule has 3 N–H and O–H groups in total. The van der Waals surface area contributed by atoms with E-state index >= 15 is 0 Å². The number of halogens is 1. The maximum Gasteiger partial charge on any atom is 0.344 e. The van der Waals surface area contributed by atoms with Gasteiger partial charge in [-0.15, -0.1) is 0 Å². The van der Waals surface area contributed by atoms with Crippen molar-refractivity contribution in [3.63, 3.8) is 0 Å². The van der Waals surface area contributed by atoms with Crippen molar-refractivity contribution in [1.29, 1.82) is 0 Å². The molecular weight excluding hydrogens is 410 g/mol. The van der Waals surface area contributed by atoms with Gasteiger partial charge in [-0.3, -0.25) is 15.0 Å². The highest BCUT2D eigenvalue weighted by Crippen LogP contribution is 2.33. The normalized spacial score (nSPS) is 21.0. The first-order chi connectivity index (χ1) is 14.5. The molecule has 1 saturated carbocycles. The Hall–Kier alpha value is -2.52. The van der Waals surface area contributed by atoms with Crippen LogP contribution in [0.1, 0.15) is 32.1 Å². The van der Waals surface area contributed by atoms with E-state index in [4.69, 9.17) is 16.3 Å². The first-order valence-electron chi connectivity index (χ1n) is 10.3. The summed E-state index contributed by atoms with van der Waals surface area (Å²) in [6, 6.07) is 4.88. The third-order valence-corrected chi connectivity index (χ3v) is 6.09. The Kier molecular flexibility index (Phi) is 6.01. The maximum absolute atomic E-state index is 12.8. The highest BCUT2D eigenvalue weighted by atomic mass is 35.5. The van der Waals surface area contributed by atoms with Crippen LogP contribution in [0, 0.1) is 0 Å². The molecule has 10 heteroatoms. The SMILES string of the molecule is O=C(CNc1cc(Cl)ccc1N1CCOCC1)NN1C(=O)NC2(CCCCC2)C1=O. The van der Waals surface area contributed by atoms with Crippen LogP contribution in [0.15, 0.2) is 18.2 Å². The second-order valence-electron chi connectivity index (χ2n) is 7.86. The molecule has 1 aromatic rings. The number of nitrogens with one attached hydrogen (secondary N) is 3. The molecule has 3 fully saturated rings. The Morgan fingerprint density at radius 3 is 2.63 bits per heavy atom. The molecule has 1 aliphatic carbocycles. The molecule has 0 radical (unpaired) electrons. The molecule has 30 heavy (non-hydrogen) atoms. The number of nitrogens with zero attached hydrogens (tertiary/aromatic N) is 2. The second kappa shape index (κ2) is 8.69. The van der Waals surface area contributed by atoms with Crippen LogP contribution >= 0.6 is 11.6 Å². The fourth-order valence-electron chi connectivity index (χ4n) is 4.29. The van der Waals surface area contributed by atoms with Gasteiger partial charge in [-0.05, 0) is 31.0 Å². The quantitative estimate of drug-likeness (QED) is 0.610. The molecule has 4 amide bonds. The van der Waals surface area contributed by atoms with Crippen LogP contribution in [0.5, 0.6) is 0 Å². The number of anilines is 2. The lowest BCUT2D eigenvalue weighted by Gasteiger charge is -2.31. The van der Waals surface area contributed by atoms with E-state index in [1.807, 2.05) is 6.07 Å². The number of carbonyl (C=O) groups is 3. The summed E-state index contributed by atoms with van der Waals surface area (Å²) in [5.41, 5.74) is 3.20. The van der Waals surface area contributed by atoms with Crippen LogP contribution in [0.4, 0.5) is 16.2 Å². The fourth-order valence-corrected chi connectivity index (χ4v) is 4.46. The molecule has 0 bridgehead atoms. The zero-order valence-electron chi connectivity index (χ0n) is 16.7. The van der Waals surface area contributed by atoms with Crippen LogP contribution in [0.25, 0.3) is 0 Å². The van der Waals surface area contributed by atoms with E-state index in [-0.39, 0.29) is 12.5 Å². The zero-order chi connectivity index (χ0) is 21.1. The van der Waals surface area contributed by atoms with E-state index in [0.717, 1.165) is 43.0 Å². The van der Waals surface area contributed by atoms with E-state index in [2.05, 4.69) is 21.0 Å². The van der Waals surface area contributed by atoms with Gasteiger partial charge >= 0.3 is 6.03 Å². The van der Waals surface area contributed by atoms with Crippen molar-refractivity contribution in [1.82, 2.24) is 15.8 Å². The number of ether oxygens (including phenoxy) is 1.